The van der Waals surface area contributed by atoms with Crippen molar-refractivity contribution < 1.29 is 19.1 Å². The molecule has 0 atom stereocenters. The van der Waals surface area contributed by atoms with Crippen LogP contribution in [0.4, 0.5) is 4.79 Å². The maximum absolute atomic E-state index is 11.6. The first-order valence-corrected chi connectivity index (χ1v) is 6.08. The number of benzene rings is 1. The van der Waals surface area contributed by atoms with Crippen LogP contribution < -0.4 is 0 Å². The highest BCUT2D eigenvalue weighted by Crippen LogP contribution is 2.02. The van der Waals surface area contributed by atoms with E-state index in [1.54, 1.807) is 13.1 Å². The predicted octanol–water partition coefficient (Wildman–Crippen LogP) is 1.71. The third kappa shape index (κ3) is 5.87. The van der Waals surface area contributed by atoms with E-state index < -0.39 is 12.1 Å². The van der Waals surface area contributed by atoms with Crippen LogP contribution in [0.2, 0.25) is 0 Å². The van der Waals surface area contributed by atoms with Crippen molar-refractivity contribution in [2.75, 3.05) is 20.2 Å². The molecule has 0 spiro atoms. The number of nitriles is 1. The van der Waals surface area contributed by atoms with E-state index in [4.69, 9.17) is 14.7 Å². The van der Waals surface area contributed by atoms with Crippen LogP contribution in [0, 0.1) is 11.3 Å². The Morgan fingerprint density at radius 2 is 1.95 bits per heavy atom. The smallest absolute Gasteiger partial charge is 0.409 e. The highest BCUT2D eigenvalue weighted by atomic mass is 16.6. The molecule has 1 amide bonds. The summed E-state index contributed by atoms with van der Waals surface area (Å²) in [5.41, 5.74) is 0.898. The second kappa shape index (κ2) is 8.53. The van der Waals surface area contributed by atoms with Gasteiger partial charge in [-0.15, -0.1) is 0 Å². The monoisotopic (exact) mass is 276 g/mol. The first-order chi connectivity index (χ1) is 9.63. The minimum absolute atomic E-state index is 0.0391. The molecule has 1 rings (SSSR count). The summed E-state index contributed by atoms with van der Waals surface area (Å²) in [7, 11) is 1.55. The maximum Gasteiger partial charge on any atom is 0.409 e. The number of hydrogen-bond acceptors (Lipinski definition) is 5. The Hall–Kier alpha value is -2.55. The van der Waals surface area contributed by atoms with Gasteiger partial charge in [0.25, 0.3) is 0 Å². The van der Waals surface area contributed by atoms with Gasteiger partial charge in [0.1, 0.15) is 19.6 Å². The number of amides is 1. The average Bonchev–Trinajstić information content (AvgIpc) is 2.46. The minimum atomic E-state index is -0.599. The molecule has 0 saturated heterocycles. The quantitative estimate of drug-likeness (QED) is 0.739. The van der Waals surface area contributed by atoms with E-state index in [1.165, 1.54) is 4.90 Å². The molecule has 0 N–H and O–H groups in total. The Labute approximate surface area is 117 Å². The van der Waals surface area contributed by atoms with Crippen molar-refractivity contribution in [1.29, 1.82) is 5.26 Å². The van der Waals surface area contributed by atoms with Gasteiger partial charge in [0.2, 0.25) is 0 Å². The minimum Gasteiger partial charge on any atom is -0.463 e. The molecule has 0 fully saturated rings. The Kier molecular flexibility index (Phi) is 6.62. The third-order valence-electron chi connectivity index (χ3n) is 2.43. The van der Waals surface area contributed by atoms with Crippen LogP contribution in [0.15, 0.2) is 30.3 Å². The SMILES string of the molecule is CN(CCOC(=O)CC#N)C(=O)OCc1ccccc1. The zero-order valence-electron chi connectivity index (χ0n) is 11.2. The van der Waals surface area contributed by atoms with Gasteiger partial charge < -0.3 is 14.4 Å². The van der Waals surface area contributed by atoms with Crippen molar-refractivity contribution in [1.82, 2.24) is 4.90 Å². The Morgan fingerprint density at radius 1 is 1.25 bits per heavy atom. The normalized spacial score (nSPS) is 9.40. The number of carbonyl (C=O) groups excluding carboxylic acids is 2. The standard InChI is InChI=1S/C14H16N2O4/c1-16(9-10-19-13(17)7-8-15)14(18)20-11-12-5-3-2-4-6-12/h2-6H,7,9-11H2,1H3. The Morgan fingerprint density at radius 3 is 2.60 bits per heavy atom. The molecule has 0 heterocycles. The number of carbonyl (C=O) groups is 2. The summed E-state index contributed by atoms with van der Waals surface area (Å²) in [6, 6.07) is 11.0. The van der Waals surface area contributed by atoms with Crippen LogP contribution in [0.3, 0.4) is 0 Å². The summed E-state index contributed by atoms with van der Waals surface area (Å²) in [4.78, 5) is 23.9. The van der Waals surface area contributed by atoms with Gasteiger partial charge in [-0.25, -0.2) is 4.79 Å². The molecule has 0 aliphatic carbocycles. The first kappa shape index (κ1) is 15.5. The zero-order chi connectivity index (χ0) is 14.8. The molecule has 0 aromatic heterocycles. The molecule has 0 aliphatic rings. The summed E-state index contributed by atoms with van der Waals surface area (Å²) in [5.74, 6) is -0.599. The first-order valence-electron chi connectivity index (χ1n) is 6.08. The predicted molar refractivity (Wildman–Crippen MR) is 70.4 cm³/mol. The molecule has 1 aromatic rings. The van der Waals surface area contributed by atoms with Gasteiger partial charge in [0.05, 0.1) is 12.6 Å². The van der Waals surface area contributed by atoms with E-state index in [-0.39, 0.29) is 26.2 Å². The summed E-state index contributed by atoms with van der Waals surface area (Å²) in [5, 5.41) is 8.28. The maximum atomic E-state index is 11.6. The van der Waals surface area contributed by atoms with E-state index in [0.29, 0.717) is 0 Å². The molecule has 1 aromatic carbocycles. The van der Waals surface area contributed by atoms with E-state index in [2.05, 4.69) is 0 Å². The van der Waals surface area contributed by atoms with Crippen LogP contribution >= 0.6 is 0 Å². The second-order valence-corrected chi connectivity index (χ2v) is 4.02. The number of ether oxygens (including phenoxy) is 2. The molecule has 0 bridgehead atoms. The average molecular weight is 276 g/mol. The lowest BCUT2D eigenvalue weighted by atomic mass is 10.2. The molecule has 0 saturated carbocycles. The van der Waals surface area contributed by atoms with Crippen molar-refractivity contribution in [3.8, 4) is 6.07 Å². The lowest BCUT2D eigenvalue weighted by Gasteiger charge is -2.16. The molecule has 0 aliphatic heterocycles. The fourth-order valence-electron chi connectivity index (χ4n) is 1.33. The molecule has 106 valence electrons. The topological polar surface area (TPSA) is 79.6 Å². The molecule has 0 radical (unpaired) electrons. The number of rotatable bonds is 6. The van der Waals surface area contributed by atoms with Gasteiger partial charge in [-0.2, -0.15) is 5.26 Å². The summed E-state index contributed by atoms with van der Waals surface area (Å²) in [6.45, 7) is 0.445. The number of hydrogen-bond donors (Lipinski definition) is 0. The molecule has 0 unspecified atom stereocenters. The molecule has 6 heteroatoms. The Bertz CT molecular complexity index is 482. The molecular formula is C14H16N2O4. The second-order valence-electron chi connectivity index (χ2n) is 4.02. The van der Waals surface area contributed by atoms with Gasteiger partial charge >= 0.3 is 12.1 Å². The largest absolute Gasteiger partial charge is 0.463 e. The van der Waals surface area contributed by atoms with Gasteiger partial charge in [-0.3, -0.25) is 4.79 Å². The van der Waals surface area contributed by atoms with Gasteiger partial charge in [-0.05, 0) is 5.56 Å². The molecular weight excluding hydrogens is 260 g/mol. The van der Waals surface area contributed by atoms with Crippen LogP contribution in [0.25, 0.3) is 0 Å². The number of nitrogens with zero attached hydrogens (tertiary/aromatic N) is 2. The van der Waals surface area contributed by atoms with Gasteiger partial charge in [-0.1, -0.05) is 30.3 Å². The van der Waals surface area contributed by atoms with E-state index in [0.717, 1.165) is 5.56 Å². The summed E-state index contributed by atoms with van der Waals surface area (Å²) < 4.78 is 9.84. The van der Waals surface area contributed by atoms with Crippen molar-refractivity contribution in [2.24, 2.45) is 0 Å². The van der Waals surface area contributed by atoms with Crippen LogP contribution in [-0.2, 0) is 20.9 Å². The highest BCUT2D eigenvalue weighted by molar-refractivity contribution is 5.71. The van der Waals surface area contributed by atoms with Crippen molar-refractivity contribution >= 4 is 12.1 Å². The van der Waals surface area contributed by atoms with Crippen LogP contribution in [-0.4, -0.2) is 37.2 Å². The Balaban J connectivity index is 2.23. The fourth-order valence-corrected chi connectivity index (χ4v) is 1.33. The van der Waals surface area contributed by atoms with Crippen molar-refractivity contribution in [3.63, 3.8) is 0 Å². The zero-order valence-corrected chi connectivity index (χ0v) is 11.2. The van der Waals surface area contributed by atoms with Crippen molar-refractivity contribution in [3.05, 3.63) is 35.9 Å². The third-order valence-corrected chi connectivity index (χ3v) is 2.43. The lowest BCUT2D eigenvalue weighted by Crippen LogP contribution is -2.31. The highest BCUT2D eigenvalue weighted by Gasteiger charge is 2.11. The van der Waals surface area contributed by atoms with E-state index in [9.17, 15) is 9.59 Å². The summed E-state index contributed by atoms with van der Waals surface area (Å²) in [6.07, 6.45) is -0.785. The van der Waals surface area contributed by atoms with E-state index >= 15 is 0 Å². The van der Waals surface area contributed by atoms with Crippen molar-refractivity contribution in [2.45, 2.75) is 13.0 Å². The van der Waals surface area contributed by atoms with E-state index in [1.807, 2.05) is 30.3 Å². The van der Waals surface area contributed by atoms with Gasteiger partial charge in [0.15, 0.2) is 0 Å². The number of likely N-dealkylation sites (N-methyl/N-ethyl adjacent to an activating group) is 1. The van der Waals surface area contributed by atoms with Gasteiger partial charge in [0, 0.05) is 7.05 Å². The lowest BCUT2D eigenvalue weighted by molar-refractivity contribution is -0.142. The fraction of sp³-hybridized carbons (Fsp3) is 0.357. The molecule has 6 nitrogen and oxygen atoms in total. The molecule has 20 heavy (non-hydrogen) atoms. The van der Waals surface area contributed by atoms with Crippen LogP contribution in [0.1, 0.15) is 12.0 Å². The summed E-state index contributed by atoms with van der Waals surface area (Å²) >= 11 is 0. The number of esters is 1. The van der Waals surface area contributed by atoms with Crippen LogP contribution in [0.5, 0.6) is 0 Å².